The van der Waals surface area contributed by atoms with Crippen LogP contribution in [-0.4, -0.2) is 72.3 Å². The number of ether oxygens (including phenoxy) is 2. The Morgan fingerprint density at radius 1 is 0.778 bits per heavy atom. The zero-order valence-electron chi connectivity index (χ0n) is 19.1. The number of carbonyl (C=O) groups excluding carboxylic acids is 6. The van der Waals surface area contributed by atoms with Gasteiger partial charge in [-0.15, -0.1) is 0 Å². The van der Waals surface area contributed by atoms with Crippen molar-refractivity contribution >= 4 is 58.4 Å². The zero-order chi connectivity index (χ0) is 25.7. The summed E-state index contributed by atoms with van der Waals surface area (Å²) in [4.78, 5) is 78.5. The van der Waals surface area contributed by atoms with Gasteiger partial charge in [0.1, 0.15) is 23.9 Å². The molecule has 36 heavy (non-hydrogen) atoms. The third-order valence-electron chi connectivity index (χ3n) is 6.17. The van der Waals surface area contributed by atoms with Crippen LogP contribution in [-0.2, 0) is 38.2 Å². The summed E-state index contributed by atoms with van der Waals surface area (Å²) >= 11 is 0. The van der Waals surface area contributed by atoms with Crippen LogP contribution in [0.2, 0.25) is 0 Å². The molecule has 0 radical (unpaired) electrons. The highest BCUT2D eigenvalue weighted by Gasteiger charge is 2.57. The molecule has 1 aromatic rings. The number of hydrazone groups is 2. The maximum absolute atomic E-state index is 13.2. The molecule has 14 heteroatoms. The highest BCUT2D eigenvalue weighted by molar-refractivity contribution is 6.47. The second kappa shape index (κ2) is 8.55. The molecule has 0 spiro atoms. The number of fused-ring (bicyclic) bond motifs is 2. The average Bonchev–Trinajstić information content (AvgIpc) is 3.59. The minimum absolute atomic E-state index is 0.0699. The Hall–Kier alpha value is -4.62. The van der Waals surface area contributed by atoms with Gasteiger partial charge in [-0.3, -0.25) is 30.0 Å². The molecule has 186 valence electrons. The van der Waals surface area contributed by atoms with E-state index in [1.807, 2.05) is 0 Å². The molecule has 4 aliphatic heterocycles. The number of amides is 4. The maximum Gasteiger partial charge on any atom is 0.355 e. The normalized spacial score (nSPS) is 26.3. The van der Waals surface area contributed by atoms with Gasteiger partial charge in [0, 0.05) is 0 Å². The summed E-state index contributed by atoms with van der Waals surface area (Å²) in [7, 11) is 0. The quantitative estimate of drug-likeness (QED) is 0.346. The molecule has 14 nitrogen and oxygen atoms in total. The number of carbonyl (C=O) groups is 6. The summed E-state index contributed by atoms with van der Waals surface area (Å²) in [5.74, 6) is -6.65. The summed E-state index contributed by atoms with van der Waals surface area (Å²) in [5.41, 5.74) is 4.81. The monoisotopic (exact) mass is 496 g/mol. The molecule has 4 aliphatic rings. The molecule has 0 saturated carbocycles. The summed E-state index contributed by atoms with van der Waals surface area (Å²) in [6.45, 7) is 3.34. The van der Waals surface area contributed by atoms with Gasteiger partial charge in [0.25, 0.3) is 11.8 Å². The summed E-state index contributed by atoms with van der Waals surface area (Å²) < 4.78 is 9.85. The Morgan fingerprint density at radius 2 is 1.19 bits per heavy atom. The lowest BCUT2D eigenvalue weighted by atomic mass is 9.99. The number of hydrogen-bond donors (Lipinski definition) is 2. The van der Waals surface area contributed by atoms with Gasteiger partial charge >= 0.3 is 11.9 Å². The number of nitrogens with zero attached hydrogens (tertiary/aromatic N) is 4. The highest BCUT2D eigenvalue weighted by Crippen LogP contribution is 2.35. The van der Waals surface area contributed by atoms with Crippen LogP contribution in [0.4, 0.5) is 11.4 Å². The van der Waals surface area contributed by atoms with E-state index >= 15 is 0 Å². The first kappa shape index (κ1) is 23.1. The Bertz CT molecular complexity index is 1200. The Kier molecular flexibility index (Phi) is 5.50. The molecule has 2 N–H and O–H groups in total. The van der Waals surface area contributed by atoms with Crippen molar-refractivity contribution < 1.29 is 38.2 Å². The Morgan fingerprint density at radius 3 is 1.58 bits per heavy atom. The lowest BCUT2D eigenvalue weighted by molar-refractivity contribution is -0.136. The van der Waals surface area contributed by atoms with Crippen LogP contribution in [0, 0.1) is 11.8 Å². The van der Waals surface area contributed by atoms with Crippen LogP contribution < -0.4 is 20.7 Å². The molecular weight excluding hydrogens is 476 g/mol. The smallest absolute Gasteiger partial charge is 0.355 e. The SMILES string of the molecule is CCOC(=O)C1=NN[C@@H]2C(=O)N(c3cccc(N4C(=O)[C@H]5C(C(=O)OCC)=NN[C@H]5C4=O)c3)C(=O)[C@@H]12. The van der Waals surface area contributed by atoms with E-state index in [0.717, 1.165) is 9.80 Å². The number of hydrogen-bond acceptors (Lipinski definition) is 12. The van der Waals surface area contributed by atoms with Crippen LogP contribution in [0.15, 0.2) is 34.5 Å². The van der Waals surface area contributed by atoms with Crippen molar-refractivity contribution in [2.45, 2.75) is 25.9 Å². The second-order valence-electron chi connectivity index (χ2n) is 8.15. The van der Waals surface area contributed by atoms with Gasteiger partial charge in [-0.05, 0) is 32.0 Å². The van der Waals surface area contributed by atoms with E-state index in [0.29, 0.717) is 0 Å². The average molecular weight is 496 g/mol. The molecule has 0 aromatic heterocycles. The van der Waals surface area contributed by atoms with E-state index in [1.165, 1.54) is 24.3 Å². The van der Waals surface area contributed by atoms with E-state index in [1.54, 1.807) is 13.8 Å². The third kappa shape index (κ3) is 3.25. The van der Waals surface area contributed by atoms with Crippen LogP contribution in [0.25, 0.3) is 0 Å². The third-order valence-corrected chi connectivity index (χ3v) is 6.17. The molecule has 4 atom stereocenters. The van der Waals surface area contributed by atoms with E-state index < -0.39 is 59.5 Å². The number of rotatable bonds is 6. The first-order chi connectivity index (χ1) is 17.3. The van der Waals surface area contributed by atoms with Crippen molar-refractivity contribution in [2.24, 2.45) is 22.0 Å². The molecule has 0 aliphatic carbocycles. The van der Waals surface area contributed by atoms with Crippen LogP contribution in [0.5, 0.6) is 0 Å². The van der Waals surface area contributed by atoms with Crippen LogP contribution in [0.3, 0.4) is 0 Å². The van der Waals surface area contributed by atoms with Gasteiger partial charge < -0.3 is 9.47 Å². The molecule has 1 aromatic carbocycles. The van der Waals surface area contributed by atoms with Gasteiger partial charge in [-0.2, -0.15) is 10.2 Å². The molecule has 2 saturated heterocycles. The fourth-order valence-corrected chi connectivity index (χ4v) is 4.61. The number of benzene rings is 1. The first-order valence-electron chi connectivity index (χ1n) is 11.2. The van der Waals surface area contributed by atoms with Crippen molar-refractivity contribution in [1.82, 2.24) is 10.9 Å². The standard InChI is InChI=1S/C22H20N6O8/c1-3-35-21(33)15-11-13(23-25-15)19(31)27(17(11)29)9-6-5-7-10(8-9)28-18(30)12-14(20(28)32)24-26-16(12)22(34)36-4-2/h5-8,11-14,23-24H,3-4H2,1-2H3/t11-,12-,13-,14+/m1/s1. The minimum Gasteiger partial charge on any atom is -0.461 e. The van der Waals surface area contributed by atoms with Gasteiger partial charge in [0.05, 0.1) is 24.6 Å². The van der Waals surface area contributed by atoms with Crippen molar-refractivity contribution in [2.75, 3.05) is 23.0 Å². The summed E-state index contributed by atoms with van der Waals surface area (Å²) in [6, 6.07) is 3.55. The molecule has 2 fully saturated rings. The minimum atomic E-state index is -1.16. The number of nitrogens with one attached hydrogen (secondary N) is 2. The van der Waals surface area contributed by atoms with E-state index in [4.69, 9.17) is 9.47 Å². The lowest BCUT2D eigenvalue weighted by Gasteiger charge is -2.20. The maximum atomic E-state index is 13.2. The second-order valence-corrected chi connectivity index (χ2v) is 8.15. The summed E-state index contributed by atoms with van der Waals surface area (Å²) in [6.07, 6.45) is 0. The lowest BCUT2D eigenvalue weighted by Crippen LogP contribution is -2.37. The molecule has 0 unspecified atom stereocenters. The van der Waals surface area contributed by atoms with Gasteiger partial charge in [-0.1, -0.05) is 6.07 Å². The number of esters is 2. The van der Waals surface area contributed by atoms with Gasteiger partial charge in [0.2, 0.25) is 11.8 Å². The van der Waals surface area contributed by atoms with Crippen molar-refractivity contribution in [3.05, 3.63) is 24.3 Å². The summed E-state index contributed by atoms with van der Waals surface area (Å²) in [5, 5.41) is 7.61. The van der Waals surface area contributed by atoms with Crippen molar-refractivity contribution in [3.8, 4) is 0 Å². The largest absolute Gasteiger partial charge is 0.461 e. The first-order valence-corrected chi connectivity index (χ1v) is 11.2. The fraction of sp³-hybridized carbons (Fsp3) is 0.364. The van der Waals surface area contributed by atoms with Crippen LogP contribution in [0.1, 0.15) is 13.8 Å². The van der Waals surface area contributed by atoms with E-state index in [9.17, 15) is 28.8 Å². The number of anilines is 2. The Labute approximate surface area is 203 Å². The molecular formula is C22H20N6O8. The van der Waals surface area contributed by atoms with E-state index in [-0.39, 0.29) is 36.0 Å². The Balaban J connectivity index is 1.42. The zero-order valence-corrected chi connectivity index (χ0v) is 19.1. The predicted molar refractivity (Wildman–Crippen MR) is 120 cm³/mol. The molecule has 0 bridgehead atoms. The topological polar surface area (TPSA) is 176 Å². The van der Waals surface area contributed by atoms with Crippen LogP contribution >= 0.6 is 0 Å². The molecule has 4 heterocycles. The number of imide groups is 2. The van der Waals surface area contributed by atoms with Crippen molar-refractivity contribution in [1.29, 1.82) is 0 Å². The van der Waals surface area contributed by atoms with Gasteiger partial charge in [-0.25, -0.2) is 19.4 Å². The van der Waals surface area contributed by atoms with E-state index in [2.05, 4.69) is 21.1 Å². The molecule has 4 amide bonds. The fourth-order valence-electron chi connectivity index (χ4n) is 4.61. The highest BCUT2D eigenvalue weighted by atomic mass is 16.5. The van der Waals surface area contributed by atoms with Crippen molar-refractivity contribution in [3.63, 3.8) is 0 Å². The van der Waals surface area contributed by atoms with Gasteiger partial charge in [0.15, 0.2) is 11.4 Å². The molecule has 5 rings (SSSR count). The predicted octanol–water partition coefficient (Wildman–Crippen LogP) is -1.55.